The summed E-state index contributed by atoms with van der Waals surface area (Å²) in [5, 5.41) is 6.03. The second-order valence-electron chi connectivity index (χ2n) is 27.3. The molecule has 0 radical (unpaired) electrons. The lowest BCUT2D eigenvalue weighted by Gasteiger charge is -2.32. The molecule has 0 saturated heterocycles. The summed E-state index contributed by atoms with van der Waals surface area (Å²) in [6.45, 7) is 19.6. The number of aromatic amines is 2. The maximum absolute atomic E-state index is 13.9. The number of amides is 2. The third-order valence-corrected chi connectivity index (χ3v) is 18.7. The Bertz CT molecular complexity index is 5220. The third-order valence-electron chi connectivity index (χ3n) is 18.7. The van der Waals surface area contributed by atoms with Crippen LogP contribution in [-0.2, 0) is 14.4 Å². The van der Waals surface area contributed by atoms with Gasteiger partial charge < -0.3 is 20.6 Å². The number of anilines is 2. The number of allylic oxidation sites excluding steroid dienone is 22. The molecule has 0 atom stereocenters. The first-order chi connectivity index (χ1) is 49.3. The summed E-state index contributed by atoms with van der Waals surface area (Å²) < 4.78 is 0. The van der Waals surface area contributed by atoms with Crippen LogP contribution in [0.3, 0.4) is 0 Å². The smallest absolute Gasteiger partial charge is 0.255 e. The van der Waals surface area contributed by atoms with Gasteiger partial charge in [0.25, 0.3) is 5.91 Å². The standard InChI is InChI=1S/C92H84N6O4/c1-59(15-10-11-16-60(2)18-13-20-62(4)27-46-76-65(7)21-14-56-92(76,8)9)17-12-19-61(3)22-28-66-29-35-71(36-30-66)91(102)94-74-43-39-70(40-44-74)90-83-53-49-79(97-83)87(67-31-23-63(5)24-32-67)77-47-51-81(95-77)89(69-37-41-73(42-38-69)93-86(101)58-72-57-75(99)45-55-85(72)100)82-52-48-78(96-82)88(80-50-54-84(90)98-80)68-33-25-64(6)26-34-68/h10-13,15-20,22-55,57,95,98H,14,21,56,58H2,1-9H3,(H,93,101)(H,94,102)/b11-10+,17-12+,18-13+,28-22+,46-27+,59-15+,60-16+,61-19+,62-20+,87-77?,87-79?,88-78?,88-80?,89-81?,89-82?,90-83?,90-84?. The number of fused-ring (bicyclic) bond motifs is 8. The molecule has 10 heteroatoms. The molecule has 2 amide bonds. The lowest BCUT2D eigenvalue weighted by atomic mass is 9.72. The van der Waals surface area contributed by atoms with Gasteiger partial charge in [0.05, 0.1) is 29.2 Å². The predicted octanol–water partition coefficient (Wildman–Crippen LogP) is 22.7. The number of rotatable bonds is 19. The van der Waals surface area contributed by atoms with Crippen molar-refractivity contribution in [1.29, 1.82) is 0 Å². The number of carbonyl (C=O) groups excluding carboxylic acids is 4. The fourth-order valence-corrected chi connectivity index (χ4v) is 13.1. The van der Waals surface area contributed by atoms with E-state index in [-0.39, 0.29) is 34.9 Å². The van der Waals surface area contributed by atoms with Crippen LogP contribution >= 0.6 is 0 Å². The molecule has 4 aliphatic rings. The molecule has 5 aromatic carbocycles. The van der Waals surface area contributed by atoms with Gasteiger partial charge >= 0.3 is 0 Å². The van der Waals surface area contributed by atoms with Gasteiger partial charge in [-0.25, -0.2) is 9.97 Å². The first-order valence-electron chi connectivity index (χ1n) is 34.7. The van der Waals surface area contributed by atoms with E-state index in [1.165, 1.54) is 59.8 Å². The number of hydrogen-bond acceptors (Lipinski definition) is 6. The van der Waals surface area contributed by atoms with Crippen molar-refractivity contribution in [2.45, 2.75) is 88.0 Å². The average Bonchev–Trinajstić information content (AvgIpc) is 1.61. The normalized spacial score (nSPS) is 15.2. The van der Waals surface area contributed by atoms with Gasteiger partial charge in [0.15, 0.2) is 11.6 Å². The molecule has 8 aromatic rings. The summed E-state index contributed by atoms with van der Waals surface area (Å²) in [5.74, 6) is -1.31. The molecule has 10 nitrogen and oxygen atoms in total. The number of ketones is 2. The molecule has 0 saturated carbocycles. The van der Waals surface area contributed by atoms with E-state index in [0.29, 0.717) is 16.9 Å². The summed E-state index contributed by atoms with van der Waals surface area (Å²) >= 11 is 0. The second kappa shape index (κ2) is 31.4. The minimum atomic E-state index is -0.411. The fraction of sp³-hybridized carbons (Fsp3) is 0.152. The fourth-order valence-electron chi connectivity index (χ4n) is 13.1. The van der Waals surface area contributed by atoms with Crippen LogP contribution in [0.1, 0.15) is 124 Å². The molecule has 506 valence electrons. The van der Waals surface area contributed by atoms with Gasteiger partial charge in [-0.1, -0.05) is 223 Å². The average molecular weight is 1340 g/mol. The van der Waals surface area contributed by atoms with Gasteiger partial charge in [0.1, 0.15) is 0 Å². The van der Waals surface area contributed by atoms with Crippen LogP contribution in [0.25, 0.3) is 97.0 Å². The highest BCUT2D eigenvalue weighted by Gasteiger charge is 2.27. The van der Waals surface area contributed by atoms with E-state index in [2.05, 4.69) is 253 Å². The van der Waals surface area contributed by atoms with Crippen molar-refractivity contribution >= 4 is 87.2 Å². The number of nitrogens with zero attached hydrogens (tertiary/aromatic N) is 2. The Hall–Kier alpha value is -12.1. The van der Waals surface area contributed by atoms with Crippen molar-refractivity contribution in [1.82, 2.24) is 19.9 Å². The Morgan fingerprint density at radius 3 is 1.33 bits per heavy atom. The molecule has 0 fully saturated rings. The van der Waals surface area contributed by atoms with Gasteiger partial charge in [-0.2, -0.15) is 0 Å². The molecule has 8 bridgehead atoms. The van der Waals surface area contributed by atoms with Crippen LogP contribution in [-0.4, -0.2) is 43.3 Å². The number of nitrogens with one attached hydrogen (secondary N) is 4. The monoisotopic (exact) mass is 1340 g/mol. The van der Waals surface area contributed by atoms with E-state index in [4.69, 9.17) is 9.97 Å². The maximum atomic E-state index is 13.9. The Labute approximate surface area is 598 Å². The van der Waals surface area contributed by atoms with Crippen LogP contribution in [0.4, 0.5) is 11.4 Å². The van der Waals surface area contributed by atoms with Gasteiger partial charge in [-0.05, 0) is 210 Å². The highest BCUT2D eigenvalue weighted by Crippen LogP contribution is 2.42. The third kappa shape index (κ3) is 17.1. The molecule has 2 aliphatic carbocycles. The number of carbonyl (C=O) groups is 4. The Morgan fingerprint density at radius 2 is 0.882 bits per heavy atom. The van der Waals surface area contributed by atoms with E-state index in [1.54, 1.807) is 0 Å². The lowest BCUT2D eigenvalue weighted by Crippen LogP contribution is -2.19. The Morgan fingerprint density at radius 1 is 0.471 bits per heavy atom. The molecule has 102 heavy (non-hydrogen) atoms. The van der Waals surface area contributed by atoms with E-state index in [0.717, 1.165) is 117 Å². The zero-order valence-corrected chi connectivity index (χ0v) is 59.3. The van der Waals surface area contributed by atoms with Gasteiger partial charge in [-0.3, -0.25) is 19.2 Å². The first-order valence-corrected chi connectivity index (χ1v) is 34.7. The van der Waals surface area contributed by atoms with Crippen LogP contribution < -0.4 is 10.6 Å². The minimum absolute atomic E-state index is 0.146. The van der Waals surface area contributed by atoms with E-state index >= 15 is 0 Å². The zero-order chi connectivity index (χ0) is 71.4. The van der Waals surface area contributed by atoms with Crippen LogP contribution in [0.15, 0.2) is 282 Å². The molecule has 4 N–H and O–H groups in total. The summed E-state index contributed by atoms with van der Waals surface area (Å²) in [7, 11) is 0. The number of aromatic nitrogens is 4. The maximum Gasteiger partial charge on any atom is 0.255 e. The van der Waals surface area contributed by atoms with E-state index in [1.807, 2.05) is 84.9 Å². The van der Waals surface area contributed by atoms with Crippen LogP contribution in [0, 0.1) is 19.3 Å². The number of benzene rings is 5. The van der Waals surface area contributed by atoms with E-state index in [9.17, 15) is 19.2 Å². The van der Waals surface area contributed by atoms with Gasteiger partial charge in [-0.15, -0.1) is 0 Å². The zero-order valence-electron chi connectivity index (χ0n) is 59.3. The molecule has 0 unspecified atom stereocenters. The van der Waals surface area contributed by atoms with E-state index < -0.39 is 5.91 Å². The minimum Gasteiger partial charge on any atom is -0.354 e. The van der Waals surface area contributed by atoms with Crippen LogP contribution in [0.2, 0.25) is 0 Å². The van der Waals surface area contributed by atoms with Crippen molar-refractivity contribution in [3.63, 3.8) is 0 Å². The second-order valence-corrected chi connectivity index (χ2v) is 27.3. The molecular weight excluding hydrogens is 1250 g/mol. The van der Waals surface area contributed by atoms with Crippen molar-refractivity contribution in [2.75, 3.05) is 10.6 Å². The summed E-state index contributed by atoms with van der Waals surface area (Å²) in [6.07, 6.45) is 45.1. The molecule has 3 aromatic heterocycles. The van der Waals surface area contributed by atoms with Crippen molar-refractivity contribution < 1.29 is 19.2 Å². The molecule has 2 aliphatic heterocycles. The van der Waals surface area contributed by atoms with Crippen molar-refractivity contribution in [3.8, 4) is 44.5 Å². The molecular formula is C92H84N6O4. The topological polar surface area (TPSA) is 150 Å². The Kier molecular flexibility index (Phi) is 21.5. The lowest BCUT2D eigenvalue weighted by molar-refractivity contribution is -0.118. The van der Waals surface area contributed by atoms with Gasteiger partial charge in [0.2, 0.25) is 5.91 Å². The molecule has 0 spiro atoms. The number of H-pyrrole nitrogens is 2. The van der Waals surface area contributed by atoms with Crippen molar-refractivity contribution in [3.05, 3.63) is 327 Å². The highest BCUT2D eigenvalue weighted by molar-refractivity contribution is 6.19. The Balaban J connectivity index is 0.780. The largest absolute Gasteiger partial charge is 0.354 e. The first kappa shape index (κ1) is 69.7. The molecule has 5 heterocycles. The summed E-state index contributed by atoms with van der Waals surface area (Å²) in [6, 6.07) is 48.3. The number of aryl methyl sites for hydroxylation is 2. The molecule has 12 rings (SSSR count). The van der Waals surface area contributed by atoms with Crippen LogP contribution in [0.5, 0.6) is 0 Å². The number of hydrogen-bond donors (Lipinski definition) is 4. The highest BCUT2D eigenvalue weighted by atomic mass is 16.2. The van der Waals surface area contributed by atoms with Gasteiger partial charge in [0, 0.05) is 66.8 Å². The predicted molar refractivity (Wildman–Crippen MR) is 426 cm³/mol. The van der Waals surface area contributed by atoms with Crippen molar-refractivity contribution in [2.24, 2.45) is 5.41 Å². The quantitative estimate of drug-likeness (QED) is 0.0468. The summed E-state index contributed by atoms with van der Waals surface area (Å²) in [4.78, 5) is 70.2. The summed E-state index contributed by atoms with van der Waals surface area (Å²) in [5.41, 5.74) is 26.5. The SMILES string of the molecule is CC1=C(/C=C/C(C)=C/C=C/C(C)=C/C=C/C=C(C)/C=C/C=C(C)/C=C/c2ccc(C(=O)Nc3ccc(-c4c5nc(c(-c6ccc(C)cc6)c6ccc([nH]6)c(-c6ccc(NC(=O)CC7=CC(=O)C=CC7=O)cc6)c6nc(c(-c7ccc(C)cc7)c7ccc4[nH]7)C=C6)C=C5)cc3)cc2)C(C)(C)CCC1.